The van der Waals surface area contributed by atoms with Crippen LogP contribution in [0, 0.1) is 0 Å². The highest BCUT2D eigenvalue weighted by Crippen LogP contribution is 2.30. The van der Waals surface area contributed by atoms with Crippen molar-refractivity contribution in [2.45, 2.75) is 23.8 Å². The normalized spacial score (nSPS) is 11.1. The monoisotopic (exact) mass is 382 g/mol. The third kappa shape index (κ3) is 3.71. The molecule has 0 amide bonds. The van der Waals surface area contributed by atoms with E-state index in [0.717, 1.165) is 39.3 Å². The molecule has 0 fully saturated rings. The average Bonchev–Trinajstić information content (AvgIpc) is 3.32. The molecule has 0 bridgehead atoms. The third-order valence-corrected chi connectivity index (χ3v) is 6.08. The lowest BCUT2D eigenvalue weighted by molar-refractivity contribution is 0.658. The number of rotatable bonds is 7. The van der Waals surface area contributed by atoms with Crippen LogP contribution in [-0.4, -0.2) is 30.8 Å². The highest BCUT2D eigenvalue weighted by Gasteiger charge is 2.11. The van der Waals surface area contributed by atoms with Gasteiger partial charge < -0.3 is 9.88 Å². The summed E-state index contributed by atoms with van der Waals surface area (Å²) in [6.45, 7) is 1.51. The Morgan fingerprint density at radius 1 is 1.15 bits per heavy atom. The first-order valence-corrected chi connectivity index (χ1v) is 10.3. The maximum atomic E-state index is 4.49. The summed E-state index contributed by atoms with van der Waals surface area (Å²) in [6.07, 6.45) is 8.41. The largest absolute Gasteiger partial charge is 0.361 e. The molecule has 0 radical (unpaired) electrons. The van der Waals surface area contributed by atoms with Crippen LogP contribution in [0.25, 0.3) is 10.3 Å². The number of hydrogen-bond acceptors (Lipinski definition) is 7. The van der Waals surface area contributed by atoms with Crippen LogP contribution in [0.3, 0.4) is 0 Å². The first kappa shape index (κ1) is 17.0. The summed E-state index contributed by atoms with van der Waals surface area (Å²) >= 11 is 3.23. The van der Waals surface area contributed by atoms with Crippen LogP contribution in [-0.2, 0) is 19.5 Å². The Kier molecular flexibility index (Phi) is 5.12. The van der Waals surface area contributed by atoms with Gasteiger partial charge in [0.05, 0.1) is 6.54 Å². The molecule has 26 heavy (non-hydrogen) atoms. The number of anilines is 1. The lowest BCUT2D eigenvalue weighted by Crippen LogP contribution is -2.10. The molecule has 4 aromatic rings. The van der Waals surface area contributed by atoms with Gasteiger partial charge in [0.2, 0.25) is 0 Å². The fourth-order valence-electron chi connectivity index (χ4n) is 2.72. The fraction of sp³-hybridized carbons (Fsp3) is 0.222. The molecule has 0 aliphatic rings. The fourth-order valence-corrected chi connectivity index (χ4v) is 4.19. The van der Waals surface area contributed by atoms with E-state index in [1.165, 1.54) is 5.56 Å². The van der Waals surface area contributed by atoms with Gasteiger partial charge in [-0.1, -0.05) is 42.1 Å². The first-order valence-electron chi connectivity index (χ1n) is 8.27. The van der Waals surface area contributed by atoms with Crippen molar-refractivity contribution >= 4 is 39.3 Å². The molecule has 1 aromatic carbocycles. The van der Waals surface area contributed by atoms with Gasteiger partial charge in [-0.15, -0.1) is 11.3 Å². The van der Waals surface area contributed by atoms with E-state index in [0.29, 0.717) is 6.54 Å². The molecular formula is C18H18N6S2. The predicted molar refractivity (Wildman–Crippen MR) is 107 cm³/mol. The van der Waals surface area contributed by atoms with Gasteiger partial charge in [0.25, 0.3) is 0 Å². The van der Waals surface area contributed by atoms with Crippen molar-refractivity contribution < 1.29 is 0 Å². The maximum absolute atomic E-state index is 4.49. The molecular weight excluding hydrogens is 364 g/mol. The molecule has 0 spiro atoms. The minimum absolute atomic E-state index is 0.612. The highest BCUT2D eigenvalue weighted by molar-refractivity contribution is 8.00. The molecule has 3 heterocycles. The van der Waals surface area contributed by atoms with E-state index in [1.807, 2.05) is 24.7 Å². The van der Waals surface area contributed by atoms with Crippen molar-refractivity contribution in [3.63, 3.8) is 0 Å². The first-order chi connectivity index (χ1) is 12.8. The summed E-state index contributed by atoms with van der Waals surface area (Å²) in [4.78, 5) is 17.6. The van der Waals surface area contributed by atoms with E-state index in [2.05, 4.69) is 54.1 Å². The van der Waals surface area contributed by atoms with Crippen molar-refractivity contribution in [2.75, 3.05) is 11.6 Å². The van der Waals surface area contributed by atoms with Gasteiger partial charge in [-0.05, 0) is 18.2 Å². The zero-order valence-corrected chi connectivity index (χ0v) is 15.9. The van der Waals surface area contributed by atoms with Crippen LogP contribution >= 0.6 is 23.1 Å². The average molecular weight is 383 g/mol. The second kappa shape index (κ2) is 7.84. The number of fused-ring (bicyclic) bond motifs is 1. The van der Waals surface area contributed by atoms with Crippen molar-refractivity contribution in [3.8, 4) is 0 Å². The molecule has 1 N–H and O–H groups in total. The molecule has 0 saturated carbocycles. The summed E-state index contributed by atoms with van der Waals surface area (Å²) in [7, 11) is 0. The molecule has 0 saturated heterocycles. The number of imidazole rings is 1. The molecule has 0 aliphatic heterocycles. The summed E-state index contributed by atoms with van der Waals surface area (Å²) in [6, 6.07) is 10.5. The second-order valence-electron chi connectivity index (χ2n) is 5.68. The summed E-state index contributed by atoms with van der Waals surface area (Å²) < 4.78 is 4.16. The van der Waals surface area contributed by atoms with Gasteiger partial charge in [0, 0.05) is 18.9 Å². The number of aromatic nitrogens is 5. The SMILES string of the molecule is CSc1nc2ncnc(NCc3nccn3CCc3ccccc3)c2s1. The lowest BCUT2D eigenvalue weighted by atomic mass is 10.1. The van der Waals surface area contributed by atoms with Crippen molar-refractivity contribution in [2.24, 2.45) is 0 Å². The Balaban J connectivity index is 1.46. The lowest BCUT2D eigenvalue weighted by Gasteiger charge is -2.09. The Labute approximate surface area is 159 Å². The highest BCUT2D eigenvalue weighted by atomic mass is 32.2. The van der Waals surface area contributed by atoms with E-state index in [9.17, 15) is 0 Å². The molecule has 0 atom stereocenters. The van der Waals surface area contributed by atoms with Crippen LogP contribution < -0.4 is 5.32 Å². The van der Waals surface area contributed by atoms with E-state index in [1.54, 1.807) is 29.4 Å². The number of nitrogens with one attached hydrogen (secondary N) is 1. The van der Waals surface area contributed by atoms with Crippen molar-refractivity contribution in [3.05, 3.63) is 60.4 Å². The molecule has 0 aliphatic carbocycles. The molecule has 6 nitrogen and oxygen atoms in total. The summed E-state index contributed by atoms with van der Waals surface area (Å²) in [5, 5.41) is 3.39. The number of thioether (sulfide) groups is 1. The molecule has 8 heteroatoms. The van der Waals surface area contributed by atoms with Gasteiger partial charge >= 0.3 is 0 Å². The summed E-state index contributed by atoms with van der Waals surface area (Å²) in [5.41, 5.74) is 2.07. The quantitative estimate of drug-likeness (QED) is 0.490. The number of nitrogens with zero attached hydrogens (tertiary/aromatic N) is 5. The number of benzene rings is 1. The van der Waals surface area contributed by atoms with Crippen molar-refractivity contribution in [1.82, 2.24) is 24.5 Å². The summed E-state index contributed by atoms with van der Waals surface area (Å²) in [5.74, 6) is 1.80. The van der Waals surface area contributed by atoms with Crippen LogP contribution in [0.2, 0.25) is 0 Å². The van der Waals surface area contributed by atoms with Gasteiger partial charge in [0.1, 0.15) is 22.7 Å². The van der Waals surface area contributed by atoms with Gasteiger partial charge in [-0.3, -0.25) is 0 Å². The third-order valence-electron chi connectivity index (χ3n) is 4.05. The topological polar surface area (TPSA) is 68.5 Å². The number of thiazole rings is 1. The zero-order chi connectivity index (χ0) is 17.8. The van der Waals surface area contributed by atoms with Gasteiger partial charge in [0.15, 0.2) is 9.99 Å². The Bertz CT molecular complexity index is 995. The van der Waals surface area contributed by atoms with Crippen LogP contribution in [0.15, 0.2) is 53.4 Å². The standard InChI is InChI=1S/C18H18N6S2/c1-25-18-23-17-15(26-18)16(21-12-22-17)20-11-14-19-8-10-24(14)9-7-13-5-3-2-4-6-13/h2-6,8,10,12H,7,9,11H2,1H3,(H,20,21,22). The van der Waals surface area contributed by atoms with E-state index >= 15 is 0 Å². The minimum Gasteiger partial charge on any atom is -0.361 e. The molecule has 0 unspecified atom stereocenters. The van der Waals surface area contributed by atoms with Crippen LogP contribution in [0.1, 0.15) is 11.4 Å². The zero-order valence-electron chi connectivity index (χ0n) is 14.3. The smallest absolute Gasteiger partial charge is 0.176 e. The Morgan fingerprint density at radius 3 is 2.88 bits per heavy atom. The predicted octanol–water partition coefficient (Wildman–Crippen LogP) is 3.86. The minimum atomic E-state index is 0.612. The van der Waals surface area contributed by atoms with Crippen molar-refractivity contribution in [1.29, 1.82) is 0 Å². The van der Waals surface area contributed by atoms with E-state index in [4.69, 9.17) is 0 Å². The Morgan fingerprint density at radius 2 is 2.04 bits per heavy atom. The number of aryl methyl sites for hydroxylation is 2. The molecule has 4 rings (SSSR count). The van der Waals surface area contributed by atoms with Crippen LogP contribution in [0.4, 0.5) is 5.82 Å². The molecule has 3 aromatic heterocycles. The van der Waals surface area contributed by atoms with E-state index in [-0.39, 0.29) is 0 Å². The van der Waals surface area contributed by atoms with E-state index < -0.39 is 0 Å². The second-order valence-corrected chi connectivity index (χ2v) is 7.74. The maximum Gasteiger partial charge on any atom is 0.176 e. The molecule has 132 valence electrons. The van der Waals surface area contributed by atoms with Gasteiger partial charge in [-0.25, -0.2) is 19.9 Å². The number of hydrogen-bond donors (Lipinski definition) is 1. The Hall–Kier alpha value is -2.45. The van der Waals surface area contributed by atoms with Crippen LogP contribution in [0.5, 0.6) is 0 Å². The van der Waals surface area contributed by atoms with Gasteiger partial charge in [-0.2, -0.15) is 0 Å².